The van der Waals surface area contributed by atoms with E-state index in [9.17, 15) is 0 Å². The van der Waals surface area contributed by atoms with E-state index in [1.807, 2.05) is 12.3 Å². The van der Waals surface area contributed by atoms with Gasteiger partial charge in [0, 0.05) is 16.6 Å². The number of aromatic nitrogens is 1. The lowest BCUT2D eigenvalue weighted by atomic mass is 10.0. The topological polar surface area (TPSA) is 34.2 Å². The number of nitrogens with zero attached hydrogens (tertiary/aromatic N) is 1. The van der Waals surface area contributed by atoms with Gasteiger partial charge in [0.15, 0.2) is 0 Å². The summed E-state index contributed by atoms with van der Waals surface area (Å²) < 4.78 is 5.41. The lowest BCUT2D eigenvalue weighted by Crippen LogP contribution is -2.22. The first-order chi connectivity index (χ1) is 8.77. The molecule has 0 aliphatic heterocycles. The predicted molar refractivity (Wildman–Crippen MR) is 75.4 cm³/mol. The maximum atomic E-state index is 5.41. The summed E-state index contributed by atoms with van der Waals surface area (Å²) in [6.07, 6.45) is 3.58. The fourth-order valence-corrected chi connectivity index (χ4v) is 3.05. The molecule has 1 unspecified atom stereocenters. The molecule has 2 aromatic heterocycles. The lowest BCUT2D eigenvalue weighted by molar-refractivity contribution is 0.402. The summed E-state index contributed by atoms with van der Waals surface area (Å²) in [4.78, 5) is 5.45. The van der Waals surface area contributed by atoms with Crippen LogP contribution in [0.3, 0.4) is 0 Å². The van der Waals surface area contributed by atoms with E-state index in [4.69, 9.17) is 4.74 Å². The van der Waals surface area contributed by atoms with Gasteiger partial charge in [0.05, 0.1) is 19.3 Å². The van der Waals surface area contributed by atoms with Crippen LogP contribution in [0.1, 0.15) is 29.0 Å². The third-order valence-electron chi connectivity index (χ3n) is 2.92. The van der Waals surface area contributed by atoms with Gasteiger partial charge >= 0.3 is 0 Å². The van der Waals surface area contributed by atoms with Crippen LogP contribution in [0, 0.1) is 6.92 Å². The van der Waals surface area contributed by atoms with Gasteiger partial charge in [0.1, 0.15) is 5.75 Å². The van der Waals surface area contributed by atoms with Gasteiger partial charge in [-0.15, -0.1) is 11.3 Å². The zero-order chi connectivity index (χ0) is 13.0. The normalized spacial score (nSPS) is 12.4. The molecule has 0 bridgehead atoms. The number of aryl methyl sites for hydroxylation is 1. The zero-order valence-corrected chi connectivity index (χ0v) is 11.8. The molecule has 0 amide bonds. The van der Waals surface area contributed by atoms with Crippen molar-refractivity contribution in [2.45, 2.75) is 19.9 Å². The van der Waals surface area contributed by atoms with Gasteiger partial charge < -0.3 is 10.1 Å². The number of pyridine rings is 1. The van der Waals surface area contributed by atoms with Crippen molar-refractivity contribution in [1.82, 2.24) is 10.3 Å². The molecule has 3 nitrogen and oxygen atoms in total. The SMILES string of the molecule is CCNC(c1ccncc1OC)c1sccc1C. The fraction of sp³-hybridized carbons (Fsp3) is 0.357. The quantitative estimate of drug-likeness (QED) is 0.898. The van der Waals surface area contributed by atoms with Gasteiger partial charge in [-0.1, -0.05) is 6.92 Å². The number of thiophene rings is 1. The molecule has 96 valence electrons. The Hall–Kier alpha value is -1.39. The van der Waals surface area contributed by atoms with Crippen LogP contribution < -0.4 is 10.1 Å². The van der Waals surface area contributed by atoms with E-state index in [0.29, 0.717) is 0 Å². The van der Waals surface area contributed by atoms with E-state index in [2.05, 4.69) is 35.6 Å². The van der Waals surface area contributed by atoms with Gasteiger partial charge in [-0.3, -0.25) is 4.98 Å². The Morgan fingerprint density at radius 3 is 2.89 bits per heavy atom. The fourth-order valence-electron chi connectivity index (χ4n) is 2.03. The van der Waals surface area contributed by atoms with Gasteiger partial charge in [-0.25, -0.2) is 0 Å². The van der Waals surface area contributed by atoms with Crippen LogP contribution in [0.25, 0.3) is 0 Å². The predicted octanol–water partition coefficient (Wildman–Crippen LogP) is 3.16. The molecule has 0 aromatic carbocycles. The number of nitrogens with one attached hydrogen (secondary N) is 1. The molecule has 0 aliphatic rings. The molecule has 0 aliphatic carbocycles. The molecule has 18 heavy (non-hydrogen) atoms. The largest absolute Gasteiger partial charge is 0.495 e. The number of rotatable bonds is 5. The average molecular weight is 262 g/mol. The van der Waals surface area contributed by atoms with E-state index in [1.165, 1.54) is 10.4 Å². The molecule has 4 heteroatoms. The van der Waals surface area contributed by atoms with Crippen LogP contribution >= 0.6 is 11.3 Å². The molecular weight excluding hydrogens is 244 g/mol. The molecule has 0 radical (unpaired) electrons. The van der Waals surface area contributed by atoms with Gasteiger partial charge in [-0.05, 0) is 36.5 Å². The molecular formula is C14H18N2OS. The molecule has 0 spiro atoms. The van der Waals surface area contributed by atoms with Crippen molar-refractivity contribution in [3.8, 4) is 5.75 Å². The summed E-state index contributed by atoms with van der Waals surface area (Å²) in [5, 5.41) is 5.65. The third-order valence-corrected chi connectivity index (χ3v) is 4.00. The minimum Gasteiger partial charge on any atom is -0.495 e. The summed E-state index contributed by atoms with van der Waals surface area (Å²) >= 11 is 1.77. The highest BCUT2D eigenvalue weighted by Crippen LogP contribution is 2.33. The van der Waals surface area contributed by atoms with Crippen molar-refractivity contribution in [3.63, 3.8) is 0 Å². The minimum atomic E-state index is 0.174. The van der Waals surface area contributed by atoms with Crippen LogP contribution in [0.15, 0.2) is 29.9 Å². The number of methoxy groups -OCH3 is 1. The highest BCUT2D eigenvalue weighted by atomic mass is 32.1. The Morgan fingerprint density at radius 1 is 1.44 bits per heavy atom. The standard InChI is InChI=1S/C14H18N2OS/c1-4-16-13(14-10(2)6-8-18-14)11-5-7-15-9-12(11)17-3/h5-9,13,16H,4H2,1-3H3. The maximum absolute atomic E-state index is 5.41. The second-order valence-electron chi connectivity index (χ2n) is 4.08. The Kier molecular flexibility index (Phi) is 4.33. The monoisotopic (exact) mass is 262 g/mol. The smallest absolute Gasteiger partial charge is 0.142 e. The molecule has 2 rings (SSSR count). The Balaban J connectivity index is 2.45. The second-order valence-corrected chi connectivity index (χ2v) is 5.02. The summed E-state index contributed by atoms with van der Waals surface area (Å²) in [5.74, 6) is 0.830. The highest BCUT2D eigenvalue weighted by molar-refractivity contribution is 7.10. The second kappa shape index (κ2) is 5.98. The Bertz CT molecular complexity index is 510. The summed E-state index contributed by atoms with van der Waals surface area (Å²) in [6, 6.07) is 4.34. The van der Waals surface area contributed by atoms with Crippen LogP contribution in [0.4, 0.5) is 0 Å². The van der Waals surface area contributed by atoms with Crippen molar-refractivity contribution >= 4 is 11.3 Å². The van der Waals surface area contributed by atoms with Crippen molar-refractivity contribution < 1.29 is 4.74 Å². The molecule has 0 fully saturated rings. The Labute approximate surface area is 112 Å². The van der Waals surface area contributed by atoms with Gasteiger partial charge in [-0.2, -0.15) is 0 Å². The Morgan fingerprint density at radius 2 is 2.28 bits per heavy atom. The lowest BCUT2D eigenvalue weighted by Gasteiger charge is -2.20. The number of hydrogen-bond donors (Lipinski definition) is 1. The first kappa shape index (κ1) is 13.1. The molecule has 2 aromatic rings. The van der Waals surface area contributed by atoms with Crippen molar-refractivity contribution in [1.29, 1.82) is 0 Å². The van der Waals surface area contributed by atoms with Crippen LogP contribution in [0.5, 0.6) is 5.75 Å². The van der Waals surface area contributed by atoms with Crippen molar-refractivity contribution in [2.75, 3.05) is 13.7 Å². The average Bonchev–Trinajstić information content (AvgIpc) is 2.82. The van der Waals surface area contributed by atoms with Gasteiger partial charge in [0.25, 0.3) is 0 Å². The van der Waals surface area contributed by atoms with Crippen LogP contribution in [-0.2, 0) is 0 Å². The molecule has 0 saturated carbocycles. The molecule has 0 saturated heterocycles. The van der Waals surface area contributed by atoms with Gasteiger partial charge in [0.2, 0.25) is 0 Å². The van der Waals surface area contributed by atoms with Crippen molar-refractivity contribution in [2.24, 2.45) is 0 Å². The molecule has 1 N–H and O–H groups in total. The molecule has 1 atom stereocenters. The number of ether oxygens (including phenoxy) is 1. The maximum Gasteiger partial charge on any atom is 0.142 e. The van der Waals surface area contributed by atoms with E-state index in [1.54, 1.807) is 24.6 Å². The van der Waals surface area contributed by atoms with Crippen LogP contribution in [-0.4, -0.2) is 18.6 Å². The summed E-state index contributed by atoms with van der Waals surface area (Å²) in [5.41, 5.74) is 2.45. The third kappa shape index (κ3) is 2.54. The first-order valence-electron chi connectivity index (χ1n) is 6.03. The minimum absolute atomic E-state index is 0.174. The zero-order valence-electron chi connectivity index (χ0n) is 10.9. The first-order valence-corrected chi connectivity index (χ1v) is 6.91. The van der Waals surface area contributed by atoms with Crippen molar-refractivity contribution in [3.05, 3.63) is 45.9 Å². The van der Waals surface area contributed by atoms with E-state index >= 15 is 0 Å². The molecule has 2 heterocycles. The van der Waals surface area contributed by atoms with E-state index in [0.717, 1.165) is 17.9 Å². The van der Waals surface area contributed by atoms with E-state index < -0.39 is 0 Å². The summed E-state index contributed by atoms with van der Waals surface area (Å²) in [7, 11) is 1.69. The summed E-state index contributed by atoms with van der Waals surface area (Å²) in [6.45, 7) is 5.17. The number of hydrogen-bond acceptors (Lipinski definition) is 4. The highest BCUT2D eigenvalue weighted by Gasteiger charge is 2.19. The van der Waals surface area contributed by atoms with E-state index in [-0.39, 0.29) is 6.04 Å². The van der Waals surface area contributed by atoms with Crippen LogP contribution in [0.2, 0.25) is 0 Å².